The fraction of sp³-hybridized carbons (Fsp3) is 0.435. The van der Waals surface area contributed by atoms with E-state index in [4.69, 9.17) is 4.74 Å². The van der Waals surface area contributed by atoms with E-state index in [1.54, 1.807) is 12.1 Å². The second kappa shape index (κ2) is 7.94. The van der Waals surface area contributed by atoms with Gasteiger partial charge in [0, 0.05) is 30.7 Å². The number of fused-ring (bicyclic) bond motifs is 1. The zero-order valence-corrected chi connectivity index (χ0v) is 16.5. The number of morpholine rings is 1. The van der Waals surface area contributed by atoms with Gasteiger partial charge >= 0.3 is 0 Å². The van der Waals surface area contributed by atoms with Crippen molar-refractivity contribution in [2.75, 3.05) is 19.7 Å². The van der Waals surface area contributed by atoms with Crippen molar-refractivity contribution in [1.82, 2.24) is 10.2 Å². The van der Waals surface area contributed by atoms with Gasteiger partial charge in [0.25, 0.3) is 5.91 Å². The van der Waals surface area contributed by atoms with Crippen LogP contribution in [0.5, 0.6) is 5.75 Å². The lowest BCUT2D eigenvalue weighted by Gasteiger charge is -2.36. The molecule has 0 saturated carbocycles. The van der Waals surface area contributed by atoms with Gasteiger partial charge in [0.1, 0.15) is 5.75 Å². The Kier molecular flexibility index (Phi) is 5.38. The highest BCUT2D eigenvalue weighted by Gasteiger charge is 2.38. The minimum Gasteiger partial charge on any atom is -0.508 e. The Morgan fingerprint density at radius 1 is 1.07 bits per heavy atom. The molecule has 3 atom stereocenters. The number of phenolic OH excluding ortho intramolecular Hbond substituents is 1. The van der Waals surface area contributed by atoms with Crippen LogP contribution < -0.4 is 5.32 Å². The van der Waals surface area contributed by atoms with E-state index in [-0.39, 0.29) is 23.8 Å². The Morgan fingerprint density at radius 2 is 1.71 bits per heavy atom. The summed E-state index contributed by atoms with van der Waals surface area (Å²) < 4.78 is 5.98. The van der Waals surface area contributed by atoms with Gasteiger partial charge in [-0.3, -0.25) is 9.69 Å². The van der Waals surface area contributed by atoms with Gasteiger partial charge in [-0.1, -0.05) is 38.1 Å². The van der Waals surface area contributed by atoms with E-state index in [9.17, 15) is 9.90 Å². The number of nitrogens with zero attached hydrogens (tertiary/aromatic N) is 1. The molecule has 28 heavy (non-hydrogen) atoms. The molecule has 0 aliphatic carbocycles. The molecule has 5 heteroatoms. The number of carbonyl (C=O) groups is 1. The maximum absolute atomic E-state index is 12.7. The highest BCUT2D eigenvalue weighted by Crippen LogP contribution is 2.26. The zero-order chi connectivity index (χ0) is 19.7. The summed E-state index contributed by atoms with van der Waals surface area (Å²) in [4.78, 5) is 15.1. The molecule has 2 saturated heterocycles. The first-order valence-corrected chi connectivity index (χ1v) is 10.1. The van der Waals surface area contributed by atoms with E-state index < -0.39 is 0 Å². The molecular formula is C23H28N2O3. The van der Waals surface area contributed by atoms with Gasteiger partial charge in [0.15, 0.2) is 0 Å². The molecule has 0 unspecified atom stereocenters. The van der Waals surface area contributed by atoms with Crippen LogP contribution in [0, 0.1) is 5.92 Å². The van der Waals surface area contributed by atoms with Gasteiger partial charge in [-0.25, -0.2) is 0 Å². The van der Waals surface area contributed by atoms with E-state index >= 15 is 0 Å². The molecule has 2 fully saturated rings. The van der Waals surface area contributed by atoms with Crippen LogP contribution in [0.15, 0.2) is 48.5 Å². The van der Waals surface area contributed by atoms with Gasteiger partial charge in [0.05, 0.1) is 12.7 Å². The monoisotopic (exact) mass is 380 g/mol. The molecule has 4 rings (SSSR count). The maximum Gasteiger partial charge on any atom is 0.251 e. The molecule has 2 aliphatic heterocycles. The van der Waals surface area contributed by atoms with Crippen molar-refractivity contribution < 1.29 is 14.6 Å². The van der Waals surface area contributed by atoms with E-state index in [0.29, 0.717) is 17.5 Å². The van der Waals surface area contributed by atoms with Crippen molar-refractivity contribution >= 4 is 5.91 Å². The third-order valence-corrected chi connectivity index (χ3v) is 5.87. The molecular weight excluding hydrogens is 352 g/mol. The highest BCUT2D eigenvalue weighted by molar-refractivity contribution is 5.94. The van der Waals surface area contributed by atoms with Crippen LogP contribution in [0.25, 0.3) is 11.1 Å². The summed E-state index contributed by atoms with van der Waals surface area (Å²) in [7, 11) is 0. The lowest BCUT2D eigenvalue weighted by atomic mass is 10.0. The smallest absolute Gasteiger partial charge is 0.251 e. The van der Waals surface area contributed by atoms with Crippen molar-refractivity contribution in [3.8, 4) is 16.9 Å². The molecule has 0 spiro atoms. The first kappa shape index (κ1) is 19.0. The average molecular weight is 380 g/mol. The highest BCUT2D eigenvalue weighted by atomic mass is 16.5. The zero-order valence-electron chi connectivity index (χ0n) is 16.5. The van der Waals surface area contributed by atoms with E-state index in [2.05, 4.69) is 24.1 Å². The van der Waals surface area contributed by atoms with Gasteiger partial charge in [-0.15, -0.1) is 0 Å². The van der Waals surface area contributed by atoms with Crippen LogP contribution in [-0.2, 0) is 4.74 Å². The van der Waals surface area contributed by atoms with Crippen LogP contribution in [-0.4, -0.2) is 53.8 Å². The largest absolute Gasteiger partial charge is 0.508 e. The predicted octanol–water partition coefficient (Wildman–Crippen LogP) is 3.29. The number of hydrogen-bond acceptors (Lipinski definition) is 4. The Bertz CT molecular complexity index is 817. The van der Waals surface area contributed by atoms with Gasteiger partial charge in [-0.2, -0.15) is 0 Å². The second-order valence-electron chi connectivity index (χ2n) is 8.25. The number of aromatic hydroxyl groups is 1. The number of amides is 1. The lowest BCUT2D eigenvalue weighted by molar-refractivity contribution is -0.0683. The molecule has 1 amide bonds. The number of rotatable bonds is 4. The number of phenols is 1. The third kappa shape index (κ3) is 4.05. The molecule has 0 radical (unpaired) electrons. The number of carbonyl (C=O) groups excluding carboxylic acids is 1. The predicted molar refractivity (Wildman–Crippen MR) is 109 cm³/mol. The normalized spacial score (nSPS) is 24.9. The summed E-state index contributed by atoms with van der Waals surface area (Å²) in [5.74, 6) is 0.739. The van der Waals surface area contributed by atoms with E-state index in [0.717, 1.165) is 37.2 Å². The fourth-order valence-corrected chi connectivity index (χ4v) is 4.14. The molecule has 2 heterocycles. The quantitative estimate of drug-likeness (QED) is 0.855. The van der Waals surface area contributed by atoms with Gasteiger partial charge in [0.2, 0.25) is 0 Å². The molecule has 2 N–H and O–H groups in total. The summed E-state index contributed by atoms with van der Waals surface area (Å²) in [6.07, 6.45) is 1.24. The second-order valence-corrected chi connectivity index (χ2v) is 8.25. The molecule has 0 bridgehead atoms. The Morgan fingerprint density at radius 3 is 2.36 bits per heavy atom. The van der Waals surface area contributed by atoms with E-state index in [1.165, 1.54) is 0 Å². The van der Waals surface area contributed by atoms with Crippen LogP contribution in [0.2, 0.25) is 0 Å². The minimum absolute atomic E-state index is 0.0246. The van der Waals surface area contributed by atoms with Gasteiger partial charge < -0.3 is 15.2 Å². The Hall–Kier alpha value is -2.37. The van der Waals surface area contributed by atoms with Crippen molar-refractivity contribution in [2.24, 2.45) is 5.92 Å². The summed E-state index contributed by atoms with van der Waals surface area (Å²) in [5.41, 5.74) is 2.70. The summed E-state index contributed by atoms with van der Waals surface area (Å²) >= 11 is 0. The van der Waals surface area contributed by atoms with Gasteiger partial charge in [-0.05, 0) is 47.7 Å². The third-order valence-electron chi connectivity index (χ3n) is 5.87. The maximum atomic E-state index is 12.7. The topological polar surface area (TPSA) is 61.8 Å². The number of benzene rings is 2. The first-order chi connectivity index (χ1) is 13.5. The summed E-state index contributed by atoms with van der Waals surface area (Å²) in [6.45, 7) is 7.01. The molecule has 2 aliphatic rings. The lowest BCUT2D eigenvalue weighted by Crippen LogP contribution is -2.48. The average Bonchev–Trinajstić information content (AvgIpc) is 3.10. The molecule has 2 aromatic rings. The standard InChI is InChI=1S/C23H28N2O3/c1-15(2)22-13-25-12-19(11-20(25)14-28-22)24-23(27)18-5-3-16(4-6-18)17-7-9-21(26)10-8-17/h3-10,15,19-20,22,26H,11-14H2,1-2H3,(H,24,27)/t19-,20+,22-/m1/s1. The SMILES string of the molecule is CC(C)[C@H]1CN2C[C@H](NC(=O)c3ccc(-c4ccc(O)cc4)cc3)C[C@H]2CO1. The Labute approximate surface area is 166 Å². The Balaban J connectivity index is 1.36. The van der Waals surface area contributed by atoms with Crippen LogP contribution >= 0.6 is 0 Å². The van der Waals surface area contributed by atoms with E-state index in [1.807, 2.05) is 36.4 Å². The molecule has 0 aromatic heterocycles. The minimum atomic E-state index is -0.0246. The van der Waals surface area contributed by atoms with Crippen molar-refractivity contribution in [1.29, 1.82) is 0 Å². The summed E-state index contributed by atoms with van der Waals surface area (Å²) in [6, 6.07) is 15.3. The number of hydrogen-bond donors (Lipinski definition) is 2. The number of ether oxygens (including phenoxy) is 1. The van der Waals surface area contributed by atoms with Crippen molar-refractivity contribution in [2.45, 2.75) is 38.5 Å². The fourth-order valence-electron chi connectivity index (χ4n) is 4.14. The van der Waals surface area contributed by atoms with Crippen LogP contribution in [0.1, 0.15) is 30.6 Å². The molecule has 5 nitrogen and oxygen atoms in total. The molecule has 148 valence electrons. The van der Waals surface area contributed by atoms with Crippen molar-refractivity contribution in [3.05, 3.63) is 54.1 Å². The molecule has 2 aromatic carbocycles. The van der Waals surface area contributed by atoms with Crippen LogP contribution in [0.4, 0.5) is 0 Å². The first-order valence-electron chi connectivity index (χ1n) is 10.1. The van der Waals surface area contributed by atoms with Crippen molar-refractivity contribution in [3.63, 3.8) is 0 Å². The van der Waals surface area contributed by atoms with Crippen LogP contribution in [0.3, 0.4) is 0 Å². The number of nitrogens with one attached hydrogen (secondary N) is 1. The summed E-state index contributed by atoms with van der Waals surface area (Å²) in [5, 5.41) is 12.6.